The van der Waals surface area contributed by atoms with Crippen LogP contribution in [0.15, 0.2) is 18.2 Å². The molecule has 1 heterocycles. The second-order valence-electron chi connectivity index (χ2n) is 9.62. The molecule has 29 heavy (non-hydrogen) atoms. The number of carbonyl (C=O) groups excluding carboxylic acids is 2. The van der Waals surface area contributed by atoms with Gasteiger partial charge in [0.2, 0.25) is 11.8 Å². The number of benzene rings is 1. The Labute approximate surface area is 172 Å². The van der Waals surface area contributed by atoms with Crippen LogP contribution in [0.5, 0.6) is 0 Å². The highest BCUT2D eigenvalue weighted by atomic mass is 19.1. The van der Waals surface area contributed by atoms with Crippen molar-refractivity contribution < 1.29 is 18.4 Å². The molecule has 1 aromatic rings. The summed E-state index contributed by atoms with van der Waals surface area (Å²) in [6, 6.07) is 3.96. The number of halogens is 2. The van der Waals surface area contributed by atoms with Gasteiger partial charge in [-0.2, -0.15) is 0 Å². The van der Waals surface area contributed by atoms with E-state index in [1.54, 1.807) is 0 Å². The summed E-state index contributed by atoms with van der Waals surface area (Å²) in [7, 11) is 0. The third kappa shape index (κ3) is 4.62. The third-order valence-electron chi connectivity index (χ3n) is 6.45. The van der Waals surface area contributed by atoms with Crippen LogP contribution in [0.1, 0.15) is 64.9 Å². The summed E-state index contributed by atoms with van der Waals surface area (Å²) >= 11 is 0. The number of rotatable bonds is 4. The Morgan fingerprint density at radius 2 is 1.66 bits per heavy atom. The molecule has 0 atom stereocenters. The van der Waals surface area contributed by atoms with E-state index in [1.165, 1.54) is 18.2 Å². The predicted molar refractivity (Wildman–Crippen MR) is 108 cm³/mol. The molecule has 1 saturated carbocycles. The van der Waals surface area contributed by atoms with Gasteiger partial charge < -0.3 is 10.2 Å². The van der Waals surface area contributed by atoms with E-state index in [1.807, 2.05) is 25.7 Å². The van der Waals surface area contributed by atoms with Crippen LogP contribution in [0, 0.1) is 23.0 Å². The quantitative estimate of drug-likeness (QED) is 0.816. The number of amides is 2. The summed E-state index contributed by atoms with van der Waals surface area (Å²) in [5.74, 6) is -1.19. The lowest BCUT2D eigenvalue weighted by atomic mass is 9.78. The fraction of sp³-hybridized carbons (Fsp3) is 0.652. The average molecular weight is 407 g/mol. The molecule has 0 unspecified atom stereocenters. The fourth-order valence-corrected chi connectivity index (χ4v) is 4.79. The summed E-state index contributed by atoms with van der Waals surface area (Å²) < 4.78 is 28.9. The highest BCUT2D eigenvalue weighted by Crippen LogP contribution is 2.43. The average Bonchev–Trinajstić information content (AvgIpc) is 3.14. The first kappa shape index (κ1) is 21.7. The zero-order valence-electron chi connectivity index (χ0n) is 17.7. The van der Waals surface area contributed by atoms with E-state index in [4.69, 9.17) is 0 Å². The lowest BCUT2D eigenvalue weighted by molar-refractivity contribution is -0.142. The Bertz CT molecular complexity index is 738. The molecule has 6 heteroatoms. The fourth-order valence-electron chi connectivity index (χ4n) is 4.79. The normalized spacial score (nSPS) is 20.0. The molecule has 1 aromatic carbocycles. The molecule has 2 fully saturated rings. The van der Waals surface area contributed by atoms with Crippen LogP contribution in [-0.2, 0) is 15.0 Å². The number of piperidine rings is 1. The number of nitrogens with zero attached hydrogens (tertiary/aromatic N) is 1. The standard InChI is InChI=1S/C23H32F2N2O2/c1-22(2,3)21(29)27-13-9-16(10-14-27)20(28)26-15-23(11-4-5-12-23)19-17(24)7-6-8-18(19)25/h6-8,16H,4-5,9-15H2,1-3H3,(H,26,28). The van der Waals surface area contributed by atoms with Crippen LogP contribution in [0.3, 0.4) is 0 Å². The van der Waals surface area contributed by atoms with Crippen molar-refractivity contribution in [1.29, 1.82) is 0 Å². The summed E-state index contributed by atoms with van der Waals surface area (Å²) in [4.78, 5) is 27.0. The van der Waals surface area contributed by atoms with Crippen molar-refractivity contribution in [3.05, 3.63) is 35.4 Å². The maximum atomic E-state index is 14.5. The van der Waals surface area contributed by atoms with Crippen LogP contribution in [0.25, 0.3) is 0 Å². The molecule has 4 nitrogen and oxygen atoms in total. The molecule has 1 aliphatic heterocycles. The lowest BCUT2D eigenvalue weighted by Crippen LogP contribution is -2.48. The van der Waals surface area contributed by atoms with Gasteiger partial charge in [0.1, 0.15) is 11.6 Å². The van der Waals surface area contributed by atoms with Gasteiger partial charge in [0.15, 0.2) is 0 Å². The Morgan fingerprint density at radius 3 is 2.17 bits per heavy atom. The highest BCUT2D eigenvalue weighted by molar-refractivity contribution is 5.82. The summed E-state index contributed by atoms with van der Waals surface area (Å²) in [5, 5.41) is 2.99. The van der Waals surface area contributed by atoms with E-state index >= 15 is 0 Å². The molecule has 0 aromatic heterocycles. The Balaban J connectivity index is 1.62. The molecule has 1 aliphatic carbocycles. The van der Waals surface area contributed by atoms with Crippen molar-refractivity contribution in [2.45, 2.75) is 64.7 Å². The van der Waals surface area contributed by atoms with Gasteiger partial charge in [-0.15, -0.1) is 0 Å². The minimum Gasteiger partial charge on any atom is -0.355 e. The van der Waals surface area contributed by atoms with Crippen molar-refractivity contribution in [2.24, 2.45) is 11.3 Å². The monoisotopic (exact) mass is 406 g/mol. The number of hydrogen-bond donors (Lipinski definition) is 1. The maximum Gasteiger partial charge on any atom is 0.227 e. The van der Waals surface area contributed by atoms with Crippen LogP contribution >= 0.6 is 0 Å². The van der Waals surface area contributed by atoms with E-state index in [-0.39, 0.29) is 29.8 Å². The minimum absolute atomic E-state index is 0.0733. The second kappa shape index (κ2) is 8.41. The molecular weight excluding hydrogens is 374 g/mol. The molecule has 160 valence electrons. The van der Waals surface area contributed by atoms with Gasteiger partial charge in [0.25, 0.3) is 0 Å². The summed E-state index contributed by atoms with van der Waals surface area (Å²) in [6.07, 6.45) is 4.38. The smallest absolute Gasteiger partial charge is 0.227 e. The SMILES string of the molecule is CC(C)(C)C(=O)N1CCC(C(=O)NCC2(c3c(F)cccc3F)CCCC2)CC1. The Hall–Kier alpha value is -1.98. The van der Waals surface area contributed by atoms with Crippen molar-refractivity contribution in [2.75, 3.05) is 19.6 Å². The summed E-state index contributed by atoms with van der Waals surface area (Å²) in [5.41, 5.74) is -0.981. The van der Waals surface area contributed by atoms with Crippen LogP contribution in [-0.4, -0.2) is 36.3 Å². The van der Waals surface area contributed by atoms with Crippen molar-refractivity contribution >= 4 is 11.8 Å². The lowest BCUT2D eigenvalue weighted by Gasteiger charge is -2.36. The van der Waals surface area contributed by atoms with Gasteiger partial charge in [0.05, 0.1) is 0 Å². The minimum atomic E-state index is -0.673. The zero-order chi connectivity index (χ0) is 21.2. The van der Waals surface area contributed by atoms with Gasteiger partial charge in [0, 0.05) is 41.9 Å². The zero-order valence-corrected chi connectivity index (χ0v) is 17.7. The number of likely N-dealkylation sites (tertiary alicyclic amines) is 1. The number of nitrogens with one attached hydrogen (secondary N) is 1. The molecule has 0 radical (unpaired) electrons. The van der Waals surface area contributed by atoms with E-state index in [2.05, 4.69) is 5.32 Å². The van der Waals surface area contributed by atoms with Crippen LogP contribution in [0.2, 0.25) is 0 Å². The highest BCUT2D eigenvalue weighted by Gasteiger charge is 2.41. The molecule has 1 N–H and O–H groups in total. The second-order valence-corrected chi connectivity index (χ2v) is 9.62. The van der Waals surface area contributed by atoms with E-state index < -0.39 is 22.5 Å². The summed E-state index contributed by atoms with van der Waals surface area (Å²) in [6.45, 7) is 7.10. The molecule has 2 aliphatic rings. The topological polar surface area (TPSA) is 49.4 Å². The molecule has 2 amide bonds. The predicted octanol–water partition coefficient (Wildman–Crippen LogP) is 4.18. The largest absolute Gasteiger partial charge is 0.355 e. The Morgan fingerprint density at radius 1 is 1.10 bits per heavy atom. The molecule has 3 rings (SSSR count). The van der Waals surface area contributed by atoms with Crippen molar-refractivity contribution in [3.8, 4) is 0 Å². The first-order valence-corrected chi connectivity index (χ1v) is 10.7. The molecule has 0 bridgehead atoms. The van der Waals surface area contributed by atoms with Gasteiger partial charge in [-0.3, -0.25) is 9.59 Å². The van der Waals surface area contributed by atoms with Crippen molar-refractivity contribution in [1.82, 2.24) is 10.2 Å². The van der Waals surface area contributed by atoms with Gasteiger partial charge in [-0.25, -0.2) is 8.78 Å². The molecule has 1 saturated heterocycles. The van der Waals surface area contributed by atoms with Gasteiger partial charge >= 0.3 is 0 Å². The number of carbonyl (C=O) groups is 2. The Kier molecular flexibility index (Phi) is 6.30. The van der Waals surface area contributed by atoms with Crippen LogP contribution in [0.4, 0.5) is 8.78 Å². The first-order valence-electron chi connectivity index (χ1n) is 10.7. The van der Waals surface area contributed by atoms with E-state index in [0.717, 1.165) is 12.8 Å². The molecular formula is C23H32F2N2O2. The van der Waals surface area contributed by atoms with Crippen LogP contribution < -0.4 is 5.32 Å². The van der Waals surface area contributed by atoms with Crippen molar-refractivity contribution in [3.63, 3.8) is 0 Å². The van der Waals surface area contributed by atoms with Gasteiger partial charge in [-0.1, -0.05) is 39.7 Å². The maximum absolute atomic E-state index is 14.5. The number of hydrogen-bond acceptors (Lipinski definition) is 2. The van der Waals surface area contributed by atoms with Gasteiger partial charge in [-0.05, 0) is 37.8 Å². The van der Waals surface area contributed by atoms with E-state index in [0.29, 0.717) is 38.8 Å². The third-order valence-corrected chi connectivity index (χ3v) is 6.45. The molecule has 0 spiro atoms. The van der Waals surface area contributed by atoms with E-state index in [9.17, 15) is 18.4 Å². The first-order chi connectivity index (χ1) is 13.6.